The Hall–Kier alpha value is -1.95. The van der Waals surface area contributed by atoms with Crippen molar-refractivity contribution >= 4 is 11.9 Å². The van der Waals surface area contributed by atoms with Crippen LogP contribution in [0.5, 0.6) is 0 Å². The van der Waals surface area contributed by atoms with Crippen molar-refractivity contribution in [2.24, 2.45) is 0 Å². The van der Waals surface area contributed by atoms with Gasteiger partial charge in [0.05, 0.1) is 19.3 Å². The number of methoxy groups -OCH3 is 2. The first-order valence-electron chi connectivity index (χ1n) is 4.90. The van der Waals surface area contributed by atoms with Gasteiger partial charge in [-0.05, 0) is 12.1 Å². The van der Waals surface area contributed by atoms with Crippen molar-refractivity contribution in [1.29, 1.82) is 0 Å². The number of nitrogens with zero attached hydrogens (tertiary/aromatic N) is 1. The van der Waals surface area contributed by atoms with Crippen LogP contribution in [0.15, 0.2) is 18.3 Å². The van der Waals surface area contributed by atoms with Crippen LogP contribution in [0.1, 0.15) is 20.8 Å². The van der Waals surface area contributed by atoms with Crippen molar-refractivity contribution in [3.8, 4) is 0 Å². The second kappa shape index (κ2) is 6.59. The summed E-state index contributed by atoms with van der Waals surface area (Å²) in [6.45, 7) is 0.407. The van der Waals surface area contributed by atoms with E-state index in [0.29, 0.717) is 6.61 Å². The van der Waals surface area contributed by atoms with Crippen LogP contribution < -0.4 is 0 Å². The number of hydrogen-bond donors (Lipinski definition) is 0. The molecule has 0 N–H and O–H groups in total. The summed E-state index contributed by atoms with van der Waals surface area (Å²) in [4.78, 5) is 26.8. The Morgan fingerprint density at radius 1 is 1.24 bits per heavy atom. The van der Waals surface area contributed by atoms with E-state index in [2.05, 4.69) is 9.72 Å². The highest BCUT2D eigenvalue weighted by Crippen LogP contribution is 2.08. The molecule has 0 aliphatic rings. The first-order valence-corrected chi connectivity index (χ1v) is 4.90. The molecule has 1 rings (SSSR count). The Balaban J connectivity index is 2.82. The van der Waals surface area contributed by atoms with Gasteiger partial charge in [-0.15, -0.1) is 0 Å². The van der Waals surface area contributed by atoms with Gasteiger partial charge in [-0.25, -0.2) is 14.6 Å². The Morgan fingerprint density at radius 3 is 2.65 bits per heavy atom. The van der Waals surface area contributed by atoms with Gasteiger partial charge in [0.15, 0.2) is 5.69 Å². The molecule has 0 saturated carbocycles. The monoisotopic (exact) mass is 239 g/mol. The van der Waals surface area contributed by atoms with Crippen LogP contribution in [0, 0.1) is 0 Å². The zero-order chi connectivity index (χ0) is 12.7. The highest BCUT2D eigenvalue weighted by atomic mass is 16.6. The lowest BCUT2D eigenvalue weighted by Crippen LogP contribution is -2.16. The van der Waals surface area contributed by atoms with E-state index < -0.39 is 11.9 Å². The van der Waals surface area contributed by atoms with Gasteiger partial charge in [-0.3, -0.25) is 0 Å². The number of esters is 2. The summed E-state index contributed by atoms with van der Waals surface area (Å²) in [6, 6.07) is 2.99. The van der Waals surface area contributed by atoms with Crippen LogP contribution in [-0.2, 0) is 14.2 Å². The van der Waals surface area contributed by atoms with E-state index in [9.17, 15) is 9.59 Å². The number of rotatable bonds is 5. The van der Waals surface area contributed by atoms with Gasteiger partial charge >= 0.3 is 11.9 Å². The van der Waals surface area contributed by atoms with Gasteiger partial charge in [-0.1, -0.05) is 0 Å². The summed E-state index contributed by atoms with van der Waals surface area (Å²) in [6.07, 6.45) is 1.40. The average molecular weight is 239 g/mol. The Kier molecular flexibility index (Phi) is 5.09. The lowest BCUT2D eigenvalue weighted by atomic mass is 10.2. The molecule has 0 aromatic carbocycles. The maximum Gasteiger partial charge on any atom is 0.357 e. The molecular formula is C11H13NO5. The van der Waals surface area contributed by atoms with Gasteiger partial charge in [0.1, 0.15) is 6.61 Å². The van der Waals surface area contributed by atoms with Crippen molar-refractivity contribution in [2.45, 2.75) is 0 Å². The minimum absolute atomic E-state index is 0.0579. The quantitative estimate of drug-likeness (QED) is 0.555. The van der Waals surface area contributed by atoms with Gasteiger partial charge in [0.2, 0.25) is 0 Å². The lowest BCUT2D eigenvalue weighted by Gasteiger charge is -2.06. The number of pyridine rings is 1. The molecule has 0 spiro atoms. The summed E-state index contributed by atoms with van der Waals surface area (Å²) >= 11 is 0. The third-order valence-corrected chi connectivity index (χ3v) is 1.93. The molecule has 0 saturated heterocycles. The van der Waals surface area contributed by atoms with Crippen molar-refractivity contribution < 1.29 is 23.8 Å². The van der Waals surface area contributed by atoms with Gasteiger partial charge in [-0.2, -0.15) is 0 Å². The number of carbonyl (C=O) groups excluding carboxylic acids is 2. The van der Waals surface area contributed by atoms with Gasteiger partial charge in [0.25, 0.3) is 0 Å². The Bertz CT molecular complexity index is 405. The van der Waals surface area contributed by atoms with E-state index in [-0.39, 0.29) is 17.9 Å². The summed E-state index contributed by atoms with van der Waals surface area (Å²) < 4.78 is 14.2. The van der Waals surface area contributed by atoms with E-state index in [1.165, 1.54) is 26.5 Å². The largest absolute Gasteiger partial charge is 0.464 e. The molecule has 0 amide bonds. The Morgan fingerprint density at radius 2 is 2.00 bits per heavy atom. The van der Waals surface area contributed by atoms with Crippen LogP contribution in [0.4, 0.5) is 0 Å². The third-order valence-electron chi connectivity index (χ3n) is 1.93. The minimum atomic E-state index is -0.677. The number of aromatic nitrogens is 1. The van der Waals surface area contributed by atoms with E-state index in [1.807, 2.05) is 0 Å². The van der Waals surface area contributed by atoms with Crippen LogP contribution >= 0.6 is 0 Å². The van der Waals surface area contributed by atoms with Crippen LogP contribution in [-0.4, -0.2) is 44.4 Å². The summed E-state index contributed by atoms with van der Waals surface area (Å²) in [7, 11) is 2.72. The molecule has 0 aliphatic heterocycles. The predicted molar refractivity (Wildman–Crippen MR) is 57.7 cm³/mol. The third kappa shape index (κ3) is 3.53. The van der Waals surface area contributed by atoms with Gasteiger partial charge in [0, 0.05) is 13.3 Å². The topological polar surface area (TPSA) is 74.7 Å². The molecule has 6 nitrogen and oxygen atoms in total. The number of ether oxygens (including phenoxy) is 3. The molecule has 1 heterocycles. The molecular weight excluding hydrogens is 226 g/mol. The number of carbonyl (C=O) groups is 2. The molecule has 0 unspecified atom stereocenters. The summed E-state index contributed by atoms with van der Waals surface area (Å²) in [5, 5.41) is 0. The second-order valence-electron chi connectivity index (χ2n) is 3.02. The first kappa shape index (κ1) is 13.1. The highest BCUT2D eigenvalue weighted by molar-refractivity contribution is 6.01. The van der Waals surface area contributed by atoms with Crippen molar-refractivity contribution in [3.63, 3.8) is 0 Å². The zero-order valence-electron chi connectivity index (χ0n) is 9.63. The summed E-state index contributed by atoms with van der Waals surface area (Å²) in [5.74, 6) is -1.31. The molecule has 17 heavy (non-hydrogen) atoms. The molecule has 6 heteroatoms. The second-order valence-corrected chi connectivity index (χ2v) is 3.02. The van der Waals surface area contributed by atoms with Crippen LogP contribution in [0.2, 0.25) is 0 Å². The minimum Gasteiger partial charge on any atom is -0.464 e. The zero-order valence-corrected chi connectivity index (χ0v) is 9.63. The summed E-state index contributed by atoms with van der Waals surface area (Å²) in [5.41, 5.74) is 0.0212. The fourth-order valence-electron chi connectivity index (χ4n) is 1.12. The predicted octanol–water partition coefficient (Wildman–Crippen LogP) is 0.671. The van der Waals surface area contributed by atoms with Crippen molar-refractivity contribution in [3.05, 3.63) is 29.6 Å². The number of hydrogen-bond acceptors (Lipinski definition) is 6. The fourth-order valence-corrected chi connectivity index (χ4v) is 1.12. The van der Waals surface area contributed by atoms with E-state index in [0.717, 1.165) is 0 Å². The van der Waals surface area contributed by atoms with E-state index >= 15 is 0 Å². The first-order chi connectivity index (χ1) is 8.20. The highest BCUT2D eigenvalue weighted by Gasteiger charge is 2.19. The Labute approximate surface area is 98.5 Å². The molecule has 0 radical (unpaired) electrons. The molecule has 1 aromatic rings. The maximum atomic E-state index is 11.6. The SMILES string of the molecule is COCCOC(=O)c1cccnc1C(=O)OC. The van der Waals surface area contributed by atoms with Crippen molar-refractivity contribution in [1.82, 2.24) is 4.98 Å². The lowest BCUT2D eigenvalue weighted by molar-refractivity contribution is 0.0378. The molecule has 92 valence electrons. The molecule has 0 atom stereocenters. The van der Waals surface area contributed by atoms with E-state index in [1.54, 1.807) is 6.07 Å². The van der Waals surface area contributed by atoms with Crippen molar-refractivity contribution in [2.75, 3.05) is 27.4 Å². The molecule has 1 aromatic heterocycles. The smallest absolute Gasteiger partial charge is 0.357 e. The van der Waals surface area contributed by atoms with E-state index in [4.69, 9.17) is 9.47 Å². The standard InChI is InChI=1S/C11H13NO5/c1-15-6-7-17-10(13)8-4-3-5-12-9(8)11(14)16-2/h3-5H,6-7H2,1-2H3. The molecule has 0 bridgehead atoms. The fraction of sp³-hybridized carbons (Fsp3) is 0.364. The molecule has 0 aliphatic carbocycles. The molecule has 0 fully saturated rings. The normalized spacial score (nSPS) is 9.76. The van der Waals surface area contributed by atoms with Crippen LogP contribution in [0.3, 0.4) is 0 Å². The van der Waals surface area contributed by atoms with Crippen LogP contribution in [0.25, 0.3) is 0 Å². The van der Waals surface area contributed by atoms with Gasteiger partial charge < -0.3 is 14.2 Å². The average Bonchev–Trinajstić information content (AvgIpc) is 2.38. The maximum absolute atomic E-state index is 11.6.